The molecule has 12 heteroatoms. The van der Waals surface area contributed by atoms with E-state index in [9.17, 15) is 22.8 Å². The highest BCUT2D eigenvalue weighted by atomic mass is 32.2. The van der Waals surface area contributed by atoms with E-state index in [0.29, 0.717) is 31.1 Å². The van der Waals surface area contributed by atoms with Gasteiger partial charge in [0.2, 0.25) is 10.0 Å². The molecule has 4 rings (SSSR count). The highest BCUT2D eigenvalue weighted by molar-refractivity contribution is 7.89. The number of sulfonamides is 1. The highest BCUT2D eigenvalue weighted by Crippen LogP contribution is 2.38. The van der Waals surface area contributed by atoms with Crippen LogP contribution in [0.5, 0.6) is 0 Å². The molecule has 2 aliphatic rings. The van der Waals surface area contributed by atoms with Crippen molar-refractivity contribution in [2.24, 2.45) is 0 Å². The average Bonchev–Trinajstić information content (AvgIpc) is 3.05. The molecule has 0 atom stereocenters. The molecule has 1 aromatic carbocycles. The van der Waals surface area contributed by atoms with Gasteiger partial charge < -0.3 is 19.7 Å². The number of ether oxygens (including phenoxy) is 2. The number of carbonyl (C=O) groups is 3. The number of carbonyl (C=O) groups excluding carboxylic acids is 3. The SMILES string of the molecule is CCOC(=O)N1CCc2c(sc(NC(=O)c3ccc(S(=O)(=O)N4CCCCCC4)cc3)c2C(=O)OC)C1. The molecule has 1 saturated heterocycles. The van der Waals surface area contributed by atoms with E-state index < -0.39 is 28.0 Å². The number of rotatable bonds is 6. The fourth-order valence-corrected chi connectivity index (χ4v) is 7.33. The van der Waals surface area contributed by atoms with Gasteiger partial charge in [-0.25, -0.2) is 18.0 Å². The van der Waals surface area contributed by atoms with E-state index in [1.807, 2.05) is 0 Å². The number of esters is 1. The van der Waals surface area contributed by atoms with Crippen LogP contribution in [0.3, 0.4) is 0 Å². The number of fused-ring (bicyclic) bond motifs is 1. The molecule has 0 unspecified atom stereocenters. The van der Waals surface area contributed by atoms with E-state index in [1.165, 1.54) is 47.0 Å². The van der Waals surface area contributed by atoms with E-state index in [4.69, 9.17) is 9.47 Å². The second kappa shape index (κ2) is 11.6. The van der Waals surface area contributed by atoms with Crippen molar-refractivity contribution in [2.75, 3.05) is 38.7 Å². The van der Waals surface area contributed by atoms with Crippen molar-refractivity contribution in [2.45, 2.75) is 50.5 Å². The molecule has 2 amide bonds. The summed E-state index contributed by atoms with van der Waals surface area (Å²) in [6.45, 7) is 3.64. The summed E-state index contributed by atoms with van der Waals surface area (Å²) in [5, 5.41) is 3.11. The number of methoxy groups -OCH3 is 1. The molecule has 0 saturated carbocycles. The second-order valence-electron chi connectivity index (χ2n) is 8.87. The minimum Gasteiger partial charge on any atom is -0.465 e. The summed E-state index contributed by atoms with van der Waals surface area (Å²) in [6, 6.07) is 5.81. The molecule has 10 nitrogen and oxygen atoms in total. The molecule has 2 aromatic rings. The Labute approximate surface area is 220 Å². The first-order valence-corrected chi connectivity index (χ1v) is 14.6. The summed E-state index contributed by atoms with van der Waals surface area (Å²) in [5.74, 6) is -1.05. The molecule has 0 spiro atoms. The summed E-state index contributed by atoms with van der Waals surface area (Å²) < 4.78 is 37.6. The van der Waals surface area contributed by atoms with Gasteiger partial charge in [0, 0.05) is 30.1 Å². The average molecular weight is 550 g/mol. The molecule has 37 heavy (non-hydrogen) atoms. The minimum atomic E-state index is -3.63. The smallest absolute Gasteiger partial charge is 0.410 e. The Morgan fingerprint density at radius 1 is 1.03 bits per heavy atom. The fourth-order valence-electron chi connectivity index (χ4n) is 4.56. The lowest BCUT2D eigenvalue weighted by Crippen LogP contribution is -2.36. The first kappa shape index (κ1) is 27.1. The summed E-state index contributed by atoms with van der Waals surface area (Å²) in [6.07, 6.45) is 3.71. The fraction of sp³-hybridized carbons (Fsp3) is 0.480. The van der Waals surface area contributed by atoms with Crippen molar-refractivity contribution in [3.05, 3.63) is 45.8 Å². The lowest BCUT2D eigenvalue weighted by atomic mass is 10.0. The van der Waals surface area contributed by atoms with Crippen LogP contribution in [0, 0.1) is 0 Å². The Morgan fingerprint density at radius 2 is 1.70 bits per heavy atom. The predicted molar refractivity (Wildman–Crippen MR) is 138 cm³/mol. The summed E-state index contributed by atoms with van der Waals surface area (Å²) in [5.41, 5.74) is 1.27. The minimum absolute atomic E-state index is 0.145. The van der Waals surface area contributed by atoms with Gasteiger partial charge in [-0.1, -0.05) is 12.8 Å². The molecule has 1 N–H and O–H groups in total. The number of anilines is 1. The molecule has 3 heterocycles. The number of nitrogens with one attached hydrogen (secondary N) is 1. The first-order valence-electron chi connectivity index (χ1n) is 12.3. The van der Waals surface area contributed by atoms with Gasteiger partial charge in [-0.05, 0) is 56.0 Å². The second-order valence-corrected chi connectivity index (χ2v) is 11.9. The molecule has 0 radical (unpaired) electrons. The third kappa shape index (κ3) is 5.81. The Balaban J connectivity index is 1.53. The normalized spacial score (nSPS) is 16.4. The first-order chi connectivity index (χ1) is 17.8. The van der Waals surface area contributed by atoms with Gasteiger partial charge in [-0.3, -0.25) is 4.79 Å². The third-order valence-electron chi connectivity index (χ3n) is 6.52. The number of hydrogen-bond donors (Lipinski definition) is 1. The lowest BCUT2D eigenvalue weighted by molar-refractivity contribution is 0.0600. The van der Waals surface area contributed by atoms with Crippen molar-refractivity contribution in [1.29, 1.82) is 0 Å². The van der Waals surface area contributed by atoms with Crippen LogP contribution in [0.25, 0.3) is 0 Å². The number of amides is 2. The molecule has 200 valence electrons. The van der Waals surface area contributed by atoms with Gasteiger partial charge in [0.25, 0.3) is 5.91 Å². The van der Waals surface area contributed by atoms with Gasteiger partial charge in [-0.2, -0.15) is 4.31 Å². The van der Waals surface area contributed by atoms with E-state index in [0.717, 1.165) is 36.1 Å². The zero-order valence-electron chi connectivity index (χ0n) is 20.9. The van der Waals surface area contributed by atoms with Crippen molar-refractivity contribution < 1.29 is 32.3 Å². The summed E-state index contributed by atoms with van der Waals surface area (Å²) >= 11 is 1.21. The molecular formula is C25H31N3O7S2. The maximum Gasteiger partial charge on any atom is 0.410 e. The summed E-state index contributed by atoms with van der Waals surface area (Å²) in [4.78, 5) is 40.3. The zero-order chi connectivity index (χ0) is 26.6. The lowest BCUT2D eigenvalue weighted by Gasteiger charge is -2.26. The van der Waals surface area contributed by atoms with Crippen LogP contribution in [0.1, 0.15) is 63.8 Å². The number of thiophene rings is 1. The zero-order valence-corrected chi connectivity index (χ0v) is 22.6. The number of hydrogen-bond acceptors (Lipinski definition) is 8. The van der Waals surface area contributed by atoms with Crippen LogP contribution in [-0.4, -0.2) is 68.9 Å². The summed E-state index contributed by atoms with van der Waals surface area (Å²) in [7, 11) is -2.35. The maximum atomic E-state index is 13.1. The van der Waals surface area contributed by atoms with Gasteiger partial charge in [-0.15, -0.1) is 11.3 Å². The van der Waals surface area contributed by atoms with Crippen LogP contribution in [0.2, 0.25) is 0 Å². The van der Waals surface area contributed by atoms with E-state index in [2.05, 4.69) is 5.32 Å². The van der Waals surface area contributed by atoms with Crippen LogP contribution in [0.4, 0.5) is 9.80 Å². The van der Waals surface area contributed by atoms with Crippen molar-refractivity contribution in [3.8, 4) is 0 Å². The van der Waals surface area contributed by atoms with Crippen molar-refractivity contribution >= 4 is 44.3 Å². The molecule has 0 aliphatic carbocycles. The number of nitrogens with zero attached hydrogens (tertiary/aromatic N) is 2. The molecule has 1 aromatic heterocycles. The van der Waals surface area contributed by atoms with Gasteiger partial charge >= 0.3 is 12.1 Å². The van der Waals surface area contributed by atoms with Crippen molar-refractivity contribution in [3.63, 3.8) is 0 Å². The van der Waals surface area contributed by atoms with Gasteiger partial charge in [0.05, 0.1) is 30.7 Å². The largest absolute Gasteiger partial charge is 0.465 e. The Hall–Kier alpha value is -2.96. The standard InChI is InChI=1S/C25H31N3O7S2/c1-3-35-25(31)27-15-12-19-20(16-27)36-23(21(19)24(30)34-2)26-22(29)17-8-10-18(11-9-17)37(32,33)28-13-6-4-5-7-14-28/h8-11H,3-7,12-16H2,1-2H3,(H,26,29). The maximum absolute atomic E-state index is 13.1. The monoisotopic (exact) mass is 549 g/mol. The molecule has 2 aliphatic heterocycles. The van der Waals surface area contributed by atoms with E-state index in [1.54, 1.807) is 11.8 Å². The predicted octanol–water partition coefficient (Wildman–Crippen LogP) is 3.87. The van der Waals surface area contributed by atoms with Crippen molar-refractivity contribution in [1.82, 2.24) is 9.21 Å². The molecular weight excluding hydrogens is 518 g/mol. The Morgan fingerprint density at radius 3 is 2.32 bits per heavy atom. The van der Waals surface area contributed by atoms with E-state index in [-0.39, 0.29) is 29.2 Å². The van der Waals surface area contributed by atoms with E-state index >= 15 is 0 Å². The molecule has 1 fully saturated rings. The quantitative estimate of drug-likeness (QED) is 0.543. The van der Waals surface area contributed by atoms with Crippen LogP contribution >= 0.6 is 11.3 Å². The third-order valence-corrected chi connectivity index (χ3v) is 9.56. The topological polar surface area (TPSA) is 122 Å². The van der Waals surface area contributed by atoms with Gasteiger partial charge in [0.15, 0.2) is 0 Å². The van der Waals surface area contributed by atoms with Gasteiger partial charge in [0.1, 0.15) is 5.00 Å². The Bertz CT molecular complexity index is 1260. The highest BCUT2D eigenvalue weighted by Gasteiger charge is 2.31. The Kier molecular flexibility index (Phi) is 8.50. The number of benzene rings is 1. The van der Waals surface area contributed by atoms with Crippen LogP contribution in [-0.2, 0) is 32.5 Å². The molecule has 0 bridgehead atoms. The van der Waals surface area contributed by atoms with Crippen LogP contribution < -0.4 is 5.32 Å². The van der Waals surface area contributed by atoms with Crippen LogP contribution in [0.15, 0.2) is 29.2 Å².